The minimum Gasteiger partial charge on any atom is -0.493 e. The zero-order chi connectivity index (χ0) is 19.8. The van der Waals surface area contributed by atoms with E-state index in [1.54, 1.807) is 28.1 Å². The lowest BCUT2D eigenvalue weighted by atomic mass is 9.90. The molecule has 1 saturated heterocycles. The van der Waals surface area contributed by atoms with Crippen LogP contribution in [-0.2, 0) is 19.1 Å². The molecule has 158 valence electrons. The Morgan fingerprint density at radius 3 is 2.54 bits per heavy atom. The summed E-state index contributed by atoms with van der Waals surface area (Å²) in [4.78, 5) is 24.3. The Bertz CT molecular complexity index is 654. The molecule has 8 heteroatoms. The number of halogens is 1. The minimum atomic E-state index is -0.489. The van der Waals surface area contributed by atoms with Crippen molar-refractivity contribution in [3.8, 4) is 11.5 Å². The van der Waals surface area contributed by atoms with Gasteiger partial charge in [0.05, 0.1) is 20.3 Å². The zero-order valence-electron chi connectivity index (χ0n) is 16.9. The van der Waals surface area contributed by atoms with E-state index in [1.165, 1.54) is 0 Å². The molecule has 0 aliphatic carbocycles. The molecule has 0 aromatic heterocycles. The fraction of sp³-hybridized carbons (Fsp3) is 0.600. The molecule has 7 nitrogen and oxygen atoms in total. The van der Waals surface area contributed by atoms with Crippen molar-refractivity contribution in [2.75, 3.05) is 34.0 Å². The van der Waals surface area contributed by atoms with Crippen LogP contribution in [0.3, 0.4) is 0 Å². The van der Waals surface area contributed by atoms with Gasteiger partial charge in [0.1, 0.15) is 11.8 Å². The van der Waals surface area contributed by atoms with E-state index in [9.17, 15) is 9.59 Å². The molecule has 1 aliphatic heterocycles. The highest BCUT2D eigenvalue weighted by molar-refractivity contribution is 5.85. The van der Waals surface area contributed by atoms with Gasteiger partial charge >= 0.3 is 5.97 Å². The second-order valence-corrected chi connectivity index (χ2v) is 6.51. The van der Waals surface area contributed by atoms with Crippen molar-refractivity contribution in [3.63, 3.8) is 0 Å². The van der Waals surface area contributed by atoms with Crippen LogP contribution in [0.5, 0.6) is 11.5 Å². The van der Waals surface area contributed by atoms with E-state index in [0.29, 0.717) is 37.7 Å². The zero-order valence-corrected chi connectivity index (χ0v) is 17.7. The Hall–Kier alpha value is -1.83. The monoisotopic (exact) mass is 415 g/mol. The van der Waals surface area contributed by atoms with Gasteiger partial charge < -0.3 is 18.9 Å². The average molecular weight is 416 g/mol. The third-order valence-corrected chi connectivity index (χ3v) is 4.66. The summed E-state index contributed by atoms with van der Waals surface area (Å²) in [5.74, 6) is 0.646. The summed E-state index contributed by atoms with van der Waals surface area (Å²) in [6.45, 7) is 4.74. The molecule has 1 fully saturated rings. The Balaban J connectivity index is 0.00000392. The molecule has 0 amide bonds. The van der Waals surface area contributed by atoms with Gasteiger partial charge in [-0.1, -0.05) is 6.07 Å². The number of carbonyl (C=O) groups excluding carboxylic acids is 2. The number of ether oxygens (including phenoxy) is 4. The van der Waals surface area contributed by atoms with Crippen molar-refractivity contribution in [2.45, 2.75) is 38.8 Å². The van der Waals surface area contributed by atoms with E-state index >= 15 is 0 Å². The van der Waals surface area contributed by atoms with E-state index < -0.39 is 6.04 Å². The van der Waals surface area contributed by atoms with Crippen molar-refractivity contribution >= 4 is 24.2 Å². The Kier molecular flexibility index (Phi) is 10.3. The summed E-state index contributed by atoms with van der Waals surface area (Å²) in [7, 11) is 3.23. The van der Waals surface area contributed by atoms with Crippen LogP contribution in [0.1, 0.15) is 38.3 Å². The highest BCUT2D eigenvalue weighted by atomic mass is 35.5. The molecule has 1 aromatic rings. The van der Waals surface area contributed by atoms with Crippen LogP contribution in [-0.4, -0.2) is 51.8 Å². The van der Waals surface area contributed by atoms with E-state index in [-0.39, 0.29) is 36.1 Å². The molecular weight excluding hydrogens is 386 g/mol. The number of ketones is 1. The number of rotatable bonds is 10. The number of nitrogens with one attached hydrogen (secondary N) is 1. The lowest BCUT2D eigenvalue weighted by Crippen LogP contribution is -2.33. The van der Waals surface area contributed by atoms with Gasteiger partial charge in [-0.15, -0.1) is 12.4 Å². The maximum Gasteiger partial charge on any atom is 0.323 e. The predicted octanol–water partition coefficient (Wildman–Crippen LogP) is 2.70. The van der Waals surface area contributed by atoms with E-state index in [4.69, 9.17) is 18.9 Å². The normalized spacial score (nSPS) is 20.9. The summed E-state index contributed by atoms with van der Waals surface area (Å²) in [5, 5.41) is 3.25. The lowest BCUT2D eigenvalue weighted by molar-refractivity contribution is -0.145. The summed E-state index contributed by atoms with van der Waals surface area (Å²) in [5.41, 5.74) is 0.879. The molecule has 0 spiro atoms. The van der Waals surface area contributed by atoms with Crippen LogP contribution in [0.15, 0.2) is 18.2 Å². The molecule has 1 N–H and O–H groups in total. The second-order valence-electron chi connectivity index (χ2n) is 6.51. The topological polar surface area (TPSA) is 83.1 Å². The lowest BCUT2D eigenvalue weighted by Gasteiger charge is -2.20. The second kappa shape index (κ2) is 11.9. The van der Waals surface area contributed by atoms with Crippen molar-refractivity contribution in [3.05, 3.63) is 23.8 Å². The molecular formula is C20H30ClNO6. The van der Waals surface area contributed by atoms with Crippen LogP contribution < -0.4 is 14.8 Å². The number of esters is 1. The van der Waals surface area contributed by atoms with Crippen LogP contribution in [0, 0.1) is 5.92 Å². The fourth-order valence-electron chi connectivity index (χ4n) is 3.31. The molecule has 3 unspecified atom stereocenters. The molecule has 0 bridgehead atoms. The molecule has 0 saturated carbocycles. The molecule has 0 radical (unpaired) electrons. The molecule has 3 atom stereocenters. The first-order valence-corrected chi connectivity index (χ1v) is 9.24. The predicted molar refractivity (Wildman–Crippen MR) is 107 cm³/mol. The van der Waals surface area contributed by atoms with E-state index in [2.05, 4.69) is 5.32 Å². The minimum absolute atomic E-state index is 0. The fourth-order valence-corrected chi connectivity index (χ4v) is 3.31. The summed E-state index contributed by atoms with van der Waals surface area (Å²) in [6.07, 6.45) is 1.18. The van der Waals surface area contributed by atoms with Crippen molar-refractivity contribution in [1.82, 2.24) is 5.32 Å². The highest BCUT2D eigenvalue weighted by Crippen LogP contribution is 2.38. The molecule has 1 heterocycles. The third-order valence-electron chi connectivity index (χ3n) is 4.66. The maximum atomic E-state index is 12.1. The summed E-state index contributed by atoms with van der Waals surface area (Å²) < 4.78 is 21.3. The van der Waals surface area contributed by atoms with Gasteiger partial charge in [0.2, 0.25) is 0 Å². The smallest absolute Gasteiger partial charge is 0.323 e. The van der Waals surface area contributed by atoms with Crippen LogP contribution >= 0.6 is 12.4 Å². The van der Waals surface area contributed by atoms with Gasteiger partial charge in [-0.25, -0.2) is 0 Å². The number of hydrogen-bond acceptors (Lipinski definition) is 7. The number of Topliss-reactive ketones (excluding diaryl/α,β-unsaturated/α-hetero) is 1. The first-order valence-electron chi connectivity index (χ1n) is 9.24. The van der Waals surface area contributed by atoms with Gasteiger partial charge in [0.25, 0.3) is 0 Å². The average Bonchev–Trinajstić information content (AvgIpc) is 3.11. The first kappa shape index (κ1) is 24.2. The Morgan fingerprint density at radius 1 is 1.18 bits per heavy atom. The first-order chi connectivity index (χ1) is 13.0. The molecule has 28 heavy (non-hydrogen) atoms. The molecule has 2 rings (SSSR count). The summed E-state index contributed by atoms with van der Waals surface area (Å²) >= 11 is 0. The van der Waals surface area contributed by atoms with Gasteiger partial charge in [-0.05, 0) is 38.0 Å². The SMILES string of the molecule is CCOC(=O)C1CC(C(C)=O)C(c2ccc(OC)c(OCCCOC)c2)N1.Cl. The number of hydrogen-bond donors (Lipinski definition) is 1. The van der Waals surface area contributed by atoms with Crippen LogP contribution in [0.25, 0.3) is 0 Å². The van der Waals surface area contributed by atoms with E-state index in [1.807, 2.05) is 18.2 Å². The third kappa shape index (κ3) is 6.09. The summed E-state index contributed by atoms with van der Waals surface area (Å²) in [6, 6.07) is 4.81. The maximum absolute atomic E-state index is 12.1. The van der Waals surface area contributed by atoms with Crippen molar-refractivity contribution < 1.29 is 28.5 Å². The highest BCUT2D eigenvalue weighted by Gasteiger charge is 2.41. The van der Waals surface area contributed by atoms with Gasteiger partial charge in [-0.2, -0.15) is 0 Å². The molecule has 1 aliphatic rings. The number of benzene rings is 1. The largest absolute Gasteiger partial charge is 0.493 e. The molecule has 1 aromatic carbocycles. The number of carbonyl (C=O) groups is 2. The number of methoxy groups -OCH3 is 2. The van der Waals surface area contributed by atoms with Crippen LogP contribution in [0.2, 0.25) is 0 Å². The van der Waals surface area contributed by atoms with Gasteiger partial charge in [0.15, 0.2) is 11.5 Å². The van der Waals surface area contributed by atoms with E-state index in [0.717, 1.165) is 12.0 Å². The van der Waals surface area contributed by atoms with Crippen molar-refractivity contribution in [2.24, 2.45) is 5.92 Å². The standard InChI is InChI=1S/C20H29NO6.ClH/c1-5-26-20(23)16-12-15(13(2)22)19(21-16)14-7-8-17(25-4)18(11-14)27-10-6-9-24-3;/h7-8,11,15-16,19,21H,5-6,9-10,12H2,1-4H3;1H. The van der Waals surface area contributed by atoms with Gasteiger partial charge in [0, 0.05) is 32.1 Å². The quantitative estimate of drug-likeness (QED) is 0.464. The Morgan fingerprint density at radius 2 is 1.93 bits per heavy atom. The van der Waals surface area contributed by atoms with Crippen molar-refractivity contribution in [1.29, 1.82) is 0 Å². The van der Waals surface area contributed by atoms with Gasteiger partial charge in [-0.3, -0.25) is 14.9 Å². The van der Waals surface area contributed by atoms with Crippen LogP contribution in [0.4, 0.5) is 0 Å². The Labute approximate surface area is 172 Å².